The summed E-state index contributed by atoms with van der Waals surface area (Å²) < 4.78 is 6.91. The Kier molecular flexibility index (Phi) is 6.54. The Bertz CT molecular complexity index is 518. The van der Waals surface area contributed by atoms with Gasteiger partial charge in [-0.05, 0) is 26.0 Å². The average Bonchev–Trinajstić information content (AvgIpc) is 2.89. The van der Waals surface area contributed by atoms with E-state index in [9.17, 15) is 9.59 Å². The number of ether oxygens (including phenoxy) is 1. The third-order valence-electron chi connectivity index (χ3n) is 3.83. The number of carbonyl (C=O) groups excluding carboxylic acids is 2. The molecule has 2 N–H and O–H groups in total. The Morgan fingerprint density at radius 1 is 1.30 bits per heavy atom. The minimum absolute atomic E-state index is 0.0357. The Hall–Kier alpha value is -1.93. The Morgan fingerprint density at radius 2 is 2.04 bits per heavy atom. The number of carbonyl (C=O) groups is 2. The molecule has 8 nitrogen and oxygen atoms in total. The average molecular weight is 323 g/mol. The highest BCUT2D eigenvalue weighted by Gasteiger charge is 2.12. The molecular weight excluding hydrogens is 298 g/mol. The summed E-state index contributed by atoms with van der Waals surface area (Å²) in [6.45, 7) is 6.85. The highest BCUT2D eigenvalue weighted by atomic mass is 16.5. The van der Waals surface area contributed by atoms with E-state index in [0.29, 0.717) is 12.2 Å². The smallest absolute Gasteiger partial charge is 0.272 e. The van der Waals surface area contributed by atoms with Crippen LogP contribution in [0.15, 0.2) is 6.07 Å². The van der Waals surface area contributed by atoms with Crippen molar-refractivity contribution in [3.8, 4) is 0 Å². The van der Waals surface area contributed by atoms with Gasteiger partial charge in [-0.3, -0.25) is 19.2 Å². The topological polar surface area (TPSA) is 88.5 Å². The first kappa shape index (κ1) is 17.4. The fraction of sp³-hybridized carbons (Fsp3) is 0.667. The van der Waals surface area contributed by atoms with Crippen molar-refractivity contribution in [3.63, 3.8) is 0 Å². The summed E-state index contributed by atoms with van der Waals surface area (Å²) in [4.78, 5) is 25.9. The van der Waals surface area contributed by atoms with Gasteiger partial charge >= 0.3 is 0 Å². The van der Waals surface area contributed by atoms with Crippen LogP contribution in [0.4, 0.5) is 0 Å². The van der Waals surface area contributed by atoms with Crippen molar-refractivity contribution in [2.75, 3.05) is 45.9 Å². The van der Waals surface area contributed by atoms with Crippen LogP contribution in [0.1, 0.15) is 22.6 Å². The van der Waals surface area contributed by atoms with Gasteiger partial charge in [0.2, 0.25) is 5.91 Å². The van der Waals surface area contributed by atoms with Crippen LogP contribution in [-0.2, 0) is 16.6 Å². The molecule has 128 valence electrons. The number of morpholine rings is 1. The summed E-state index contributed by atoms with van der Waals surface area (Å²) in [5, 5.41) is 9.46. The summed E-state index contributed by atoms with van der Waals surface area (Å²) in [5.41, 5.74) is 1.22. The van der Waals surface area contributed by atoms with Crippen molar-refractivity contribution in [3.05, 3.63) is 17.5 Å². The van der Waals surface area contributed by atoms with Gasteiger partial charge in [-0.1, -0.05) is 0 Å². The number of hydrogen-bond donors (Lipinski definition) is 2. The van der Waals surface area contributed by atoms with Crippen LogP contribution < -0.4 is 10.6 Å². The molecule has 0 atom stereocenters. The molecule has 2 amide bonds. The van der Waals surface area contributed by atoms with E-state index in [1.54, 1.807) is 17.8 Å². The van der Waals surface area contributed by atoms with Gasteiger partial charge in [0, 0.05) is 32.4 Å². The van der Waals surface area contributed by atoms with E-state index in [-0.39, 0.29) is 18.4 Å². The second-order valence-corrected chi connectivity index (χ2v) is 5.63. The summed E-state index contributed by atoms with van der Waals surface area (Å²) >= 11 is 0. The molecule has 23 heavy (non-hydrogen) atoms. The Morgan fingerprint density at radius 3 is 2.70 bits per heavy atom. The van der Waals surface area contributed by atoms with Gasteiger partial charge in [0.1, 0.15) is 5.69 Å². The van der Waals surface area contributed by atoms with Crippen LogP contribution in [0.3, 0.4) is 0 Å². The summed E-state index contributed by atoms with van der Waals surface area (Å²) in [6, 6.07) is 1.69. The summed E-state index contributed by atoms with van der Waals surface area (Å²) in [5.74, 6) is -0.523. The van der Waals surface area contributed by atoms with E-state index in [1.807, 2.05) is 6.92 Å². The first-order chi connectivity index (χ1) is 11.1. The lowest BCUT2D eigenvalue weighted by Crippen LogP contribution is -2.40. The van der Waals surface area contributed by atoms with E-state index in [4.69, 9.17) is 4.74 Å². The lowest BCUT2D eigenvalue weighted by atomic mass is 10.3. The molecule has 0 aliphatic carbocycles. The quantitative estimate of drug-likeness (QED) is 0.648. The van der Waals surface area contributed by atoms with E-state index in [0.717, 1.165) is 45.0 Å². The van der Waals surface area contributed by atoms with Crippen molar-refractivity contribution < 1.29 is 14.3 Å². The van der Waals surface area contributed by atoms with Crippen molar-refractivity contribution in [2.24, 2.45) is 7.05 Å². The number of aryl methyl sites for hydroxylation is 2. The second kappa shape index (κ2) is 8.64. The highest BCUT2D eigenvalue weighted by molar-refractivity contribution is 5.94. The maximum Gasteiger partial charge on any atom is 0.272 e. The zero-order chi connectivity index (χ0) is 16.7. The lowest BCUT2D eigenvalue weighted by molar-refractivity contribution is -0.120. The predicted molar refractivity (Wildman–Crippen MR) is 85.2 cm³/mol. The normalized spacial score (nSPS) is 15.4. The van der Waals surface area contributed by atoms with Crippen molar-refractivity contribution in [1.82, 2.24) is 25.3 Å². The third-order valence-corrected chi connectivity index (χ3v) is 3.83. The van der Waals surface area contributed by atoms with E-state index < -0.39 is 0 Å². The zero-order valence-electron chi connectivity index (χ0n) is 13.8. The number of nitrogens with one attached hydrogen (secondary N) is 2. The number of amides is 2. The second-order valence-electron chi connectivity index (χ2n) is 5.63. The van der Waals surface area contributed by atoms with E-state index in [2.05, 4.69) is 20.6 Å². The lowest BCUT2D eigenvalue weighted by Gasteiger charge is -2.26. The molecule has 0 saturated carbocycles. The first-order valence-electron chi connectivity index (χ1n) is 7.92. The molecule has 2 rings (SSSR count). The number of nitrogens with zero attached hydrogens (tertiary/aromatic N) is 3. The fourth-order valence-electron chi connectivity index (χ4n) is 2.34. The Balaban J connectivity index is 1.58. The summed E-state index contributed by atoms with van der Waals surface area (Å²) in [7, 11) is 1.77. The van der Waals surface area contributed by atoms with Gasteiger partial charge in [0.05, 0.1) is 19.8 Å². The largest absolute Gasteiger partial charge is 0.379 e. The molecule has 0 unspecified atom stereocenters. The Labute approximate surface area is 136 Å². The highest BCUT2D eigenvalue weighted by Crippen LogP contribution is 2.00. The predicted octanol–water partition coefficient (Wildman–Crippen LogP) is -0.703. The van der Waals surface area contributed by atoms with Crippen LogP contribution in [-0.4, -0.2) is 72.4 Å². The van der Waals surface area contributed by atoms with Crippen molar-refractivity contribution in [2.45, 2.75) is 13.3 Å². The zero-order valence-corrected chi connectivity index (χ0v) is 13.8. The van der Waals surface area contributed by atoms with Gasteiger partial charge < -0.3 is 15.4 Å². The van der Waals surface area contributed by atoms with E-state index in [1.165, 1.54) is 0 Å². The molecule has 1 fully saturated rings. The summed E-state index contributed by atoms with van der Waals surface area (Å²) in [6.07, 6.45) is 0.888. The minimum Gasteiger partial charge on any atom is -0.379 e. The molecule has 8 heteroatoms. The molecular formula is C15H25N5O3. The van der Waals surface area contributed by atoms with Gasteiger partial charge in [-0.15, -0.1) is 0 Å². The maximum absolute atomic E-state index is 11.9. The molecule has 0 bridgehead atoms. The number of aromatic nitrogens is 2. The number of rotatable bonds is 7. The van der Waals surface area contributed by atoms with Crippen LogP contribution in [0.25, 0.3) is 0 Å². The molecule has 1 aromatic rings. The van der Waals surface area contributed by atoms with Gasteiger partial charge in [-0.25, -0.2) is 0 Å². The van der Waals surface area contributed by atoms with Crippen molar-refractivity contribution >= 4 is 11.8 Å². The van der Waals surface area contributed by atoms with E-state index >= 15 is 0 Å². The van der Waals surface area contributed by atoms with Crippen LogP contribution in [0.2, 0.25) is 0 Å². The molecule has 0 spiro atoms. The fourth-order valence-corrected chi connectivity index (χ4v) is 2.34. The maximum atomic E-state index is 11.9. The molecule has 1 aromatic heterocycles. The molecule has 1 aliphatic rings. The van der Waals surface area contributed by atoms with Crippen molar-refractivity contribution in [1.29, 1.82) is 0 Å². The van der Waals surface area contributed by atoms with Gasteiger partial charge in [-0.2, -0.15) is 5.10 Å². The molecule has 1 saturated heterocycles. The van der Waals surface area contributed by atoms with Crippen LogP contribution >= 0.6 is 0 Å². The standard InChI is InChI=1S/C15H25N5O3/c1-12-10-13(18-19(12)2)15(22)17-11-14(21)16-4-3-5-20-6-8-23-9-7-20/h10H,3-9,11H2,1-2H3,(H,16,21)(H,17,22). The number of hydrogen-bond acceptors (Lipinski definition) is 5. The molecule has 0 aromatic carbocycles. The van der Waals surface area contributed by atoms with Crippen LogP contribution in [0.5, 0.6) is 0 Å². The molecule has 0 radical (unpaired) electrons. The first-order valence-corrected chi connectivity index (χ1v) is 7.92. The monoisotopic (exact) mass is 323 g/mol. The van der Waals surface area contributed by atoms with Gasteiger partial charge in [0.15, 0.2) is 0 Å². The van der Waals surface area contributed by atoms with Gasteiger partial charge in [0.25, 0.3) is 5.91 Å². The SMILES string of the molecule is Cc1cc(C(=O)NCC(=O)NCCCN2CCOCC2)nn1C. The third kappa shape index (κ3) is 5.65. The van der Waals surface area contributed by atoms with Crippen LogP contribution in [0, 0.1) is 6.92 Å². The molecule has 1 aliphatic heterocycles. The minimum atomic E-state index is -0.336. The molecule has 2 heterocycles.